The van der Waals surface area contributed by atoms with Gasteiger partial charge in [-0.2, -0.15) is 0 Å². The molecule has 1 aromatic heterocycles. The van der Waals surface area contributed by atoms with Crippen LogP contribution in [0.5, 0.6) is 0 Å². The number of aromatic nitrogens is 2. The molecule has 10 heteroatoms. The van der Waals surface area contributed by atoms with E-state index in [-0.39, 0.29) is 23.8 Å². The second kappa shape index (κ2) is 9.48. The molecule has 2 heterocycles. The number of para-hydroxylation sites is 2. The van der Waals surface area contributed by atoms with Crippen molar-refractivity contribution >= 4 is 51.9 Å². The first-order valence-corrected chi connectivity index (χ1v) is 10.6. The molecular weight excluding hydrogens is 430 g/mol. The molecule has 2 N–H and O–H groups in total. The third-order valence-electron chi connectivity index (χ3n) is 4.61. The van der Waals surface area contributed by atoms with E-state index in [2.05, 4.69) is 20.3 Å². The highest BCUT2D eigenvalue weighted by molar-refractivity contribution is 8.16. The summed E-state index contributed by atoms with van der Waals surface area (Å²) in [6.45, 7) is 0. The topological polar surface area (TPSA) is 117 Å². The van der Waals surface area contributed by atoms with Gasteiger partial charge in [-0.15, -0.1) is 0 Å². The van der Waals surface area contributed by atoms with Crippen LogP contribution in [0, 0.1) is 0 Å². The molecule has 162 valence electrons. The molecule has 0 radical (unpaired) electrons. The van der Waals surface area contributed by atoms with Gasteiger partial charge in [-0.25, -0.2) is 9.98 Å². The van der Waals surface area contributed by atoms with Gasteiger partial charge in [-0.1, -0.05) is 48.2 Å². The zero-order chi connectivity index (χ0) is 22.5. The van der Waals surface area contributed by atoms with E-state index in [4.69, 9.17) is 4.74 Å². The summed E-state index contributed by atoms with van der Waals surface area (Å²) in [5.41, 5.74) is 1.38. The Bertz CT molecular complexity index is 1160. The molecule has 1 fully saturated rings. The summed E-state index contributed by atoms with van der Waals surface area (Å²) in [7, 11) is 1.28. The summed E-state index contributed by atoms with van der Waals surface area (Å²) < 4.78 is 4.72. The number of carbonyl (C=O) groups excluding carboxylic acids is 3. The number of esters is 1. The van der Waals surface area contributed by atoms with Crippen LogP contribution < -0.4 is 10.2 Å². The molecule has 0 spiro atoms. The van der Waals surface area contributed by atoms with E-state index in [1.807, 2.05) is 24.3 Å². The number of hydrogen-bond acceptors (Lipinski definition) is 7. The van der Waals surface area contributed by atoms with Crippen molar-refractivity contribution in [2.75, 3.05) is 17.3 Å². The van der Waals surface area contributed by atoms with E-state index in [1.54, 1.807) is 36.4 Å². The van der Waals surface area contributed by atoms with Gasteiger partial charge in [0.1, 0.15) is 5.25 Å². The minimum Gasteiger partial charge on any atom is -0.469 e. The molecule has 0 aliphatic carbocycles. The molecule has 9 nitrogen and oxygen atoms in total. The summed E-state index contributed by atoms with van der Waals surface area (Å²) in [5, 5.41) is 2.40. The number of amides is 2. The van der Waals surface area contributed by atoms with Crippen molar-refractivity contribution in [1.82, 2.24) is 9.97 Å². The fraction of sp³-hybridized carbons (Fsp3) is 0.136. The smallest absolute Gasteiger partial charge is 0.307 e. The van der Waals surface area contributed by atoms with E-state index in [0.29, 0.717) is 16.5 Å². The largest absolute Gasteiger partial charge is 0.469 e. The second-order valence-corrected chi connectivity index (χ2v) is 7.88. The summed E-state index contributed by atoms with van der Waals surface area (Å²) in [6, 6.07) is 18.0. The summed E-state index contributed by atoms with van der Waals surface area (Å²) in [6.07, 6.45) is 1.27. The van der Waals surface area contributed by atoms with Crippen molar-refractivity contribution in [1.29, 1.82) is 0 Å². The van der Waals surface area contributed by atoms with Crippen molar-refractivity contribution in [2.24, 2.45) is 4.99 Å². The highest BCUT2D eigenvalue weighted by Crippen LogP contribution is 2.35. The zero-order valence-electron chi connectivity index (χ0n) is 17.0. The number of anilines is 2. The van der Waals surface area contributed by atoms with Gasteiger partial charge in [0.15, 0.2) is 16.7 Å². The molecule has 1 atom stereocenters. The van der Waals surface area contributed by atoms with Gasteiger partial charge in [-0.05, 0) is 24.3 Å². The number of benzene rings is 2. The number of nitrogens with one attached hydrogen (secondary N) is 2. The van der Waals surface area contributed by atoms with Crippen LogP contribution in [-0.2, 0) is 14.3 Å². The normalized spacial score (nSPS) is 16.9. The highest BCUT2D eigenvalue weighted by atomic mass is 32.2. The van der Waals surface area contributed by atoms with E-state index in [1.165, 1.54) is 18.3 Å². The molecule has 0 unspecified atom stereocenters. The van der Waals surface area contributed by atoms with Crippen LogP contribution in [0.25, 0.3) is 0 Å². The Morgan fingerprint density at radius 2 is 1.84 bits per heavy atom. The Morgan fingerprint density at radius 1 is 1.16 bits per heavy atom. The molecular formula is C22H19N5O4S. The first kappa shape index (κ1) is 21.3. The quantitative estimate of drug-likeness (QED) is 0.558. The predicted molar refractivity (Wildman–Crippen MR) is 122 cm³/mol. The van der Waals surface area contributed by atoms with Crippen molar-refractivity contribution in [3.05, 3.63) is 72.7 Å². The zero-order valence-corrected chi connectivity index (χ0v) is 17.8. The Kier molecular flexibility index (Phi) is 6.31. The number of amidine groups is 1. The number of rotatable bonds is 6. The molecule has 2 aromatic carbocycles. The first-order valence-electron chi connectivity index (χ1n) is 9.67. The van der Waals surface area contributed by atoms with Crippen LogP contribution in [0.1, 0.15) is 16.9 Å². The van der Waals surface area contributed by atoms with E-state index in [0.717, 1.165) is 11.8 Å². The number of ether oxygens (including phenoxy) is 1. The van der Waals surface area contributed by atoms with Crippen LogP contribution in [-0.4, -0.2) is 45.3 Å². The minimum absolute atomic E-state index is 0.0930. The average Bonchev–Trinajstić information content (AvgIpc) is 3.39. The SMILES string of the molecule is COC(=O)C[C@@H]1SC(=Nc2nc[nH]c2C(=O)Nc2ccccc2)N(c2ccccc2)C1=O. The Hall–Kier alpha value is -3.92. The lowest BCUT2D eigenvalue weighted by molar-refractivity contribution is -0.141. The molecule has 1 aliphatic heterocycles. The monoisotopic (exact) mass is 449 g/mol. The molecule has 2 amide bonds. The molecule has 0 bridgehead atoms. The Morgan fingerprint density at radius 3 is 2.53 bits per heavy atom. The summed E-state index contributed by atoms with van der Waals surface area (Å²) in [5.74, 6) is -1.07. The standard InChI is InChI=1S/C22H19N5O4S/c1-31-17(28)12-16-21(30)27(15-10-6-3-7-11-15)22(32-16)26-19-18(23-13-24-19)20(29)25-14-8-4-2-5-9-14/h2-11,13,16H,12H2,1H3,(H,23,24)(H,25,29)/t16-/m0/s1. The fourth-order valence-corrected chi connectivity index (χ4v) is 4.19. The molecule has 1 saturated heterocycles. The van der Waals surface area contributed by atoms with Crippen molar-refractivity contribution in [3.63, 3.8) is 0 Å². The number of hydrogen-bond donors (Lipinski definition) is 2. The summed E-state index contributed by atoms with van der Waals surface area (Å²) >= 11 is 1.13. The van der Waals surface area contributed by atoms with E-state index in [9.17, 15) is 14.4 Å². The van der Waals surface area contributed by atoms with Crippen molar-refractivity contribution in [3.8, 4) is 0 Å². The van der Waals surface area contributed by atoms with Crippen LogP contribution >= 0.6 is 11.8 Å². The number of aliphatic imine (C=N–C) groups is 1. The van der Waals surface area contributed by atoms with Gasteiger partial charge < -0.3 is 15.0 Å². The van der Waals surface area contributed by atoms with Gasteiger partial charge in [0.25, 0.3) is 5.91 Å². The van der Waals surface area contributed by atoms with Crippen LogP contribution in [0.3, 0.4) is 0 Å². The van der Waals surface area contributed by atoms with Crippen LogP contribution in [0.2, 0.25) is 0 Å². The fourth-order valence-electron chi connectivity index (χ4n) is 3.07. The number of aromatic amines is 1. The predicted octanol–water partition coefficient (Wildman–Crippen LogP) is 3.36. The minimum atomic E-state index is -0.693. The third kappa shape index (κ3) is 4.54. The van der Waals surface area contributed by atoms with Gasteiger partial charge in [0, 0.05) is 5.69 Å². The highest BCUT2D eigenvalue weighted by Gasteiger charge is 2.40. The van der Waals surface area contributed by atoms with Crippen molar-refractivity contribution in [2.45, 2.75) is 11.7 Å². The number of H-pyrrole nitrogens is 1. The van der Waals surface area contributed by atoms with Crippen LogP contribution in [0.15, 0.2) is 72.0 Å². The lowest BCUT2D eigenvalue weighted by Gasteiger charge is -2.16. The second-order valence-electron chi connectivity index (χ2n) is 6.71. The van der Waals surface area contributed by atoms with Crippen molar-refractivity contribution < 1.29 is 19.1 Å². The van der Waals surface area contributed by atoms with Gasteiger partial charge >= 0.3 is 5.97 Å². The molecule has 4 rings (SSSR count). The lowest BCUT2D eigenvalue weighted by Crippen LogP contribution is -2.32. The Balaban J connectivity index is 1.65. The molecule has 32 heavy (non-hydrogen) atoms. The maximum absolute atomic E-state index is 13.1. The van der Waals surface area contributed by atoms with Gasteiger partial charge in [0.2, 0.25) is 5.91 Å². The van der Waals surface area contributed by atoms with Gasteiger partial charge in [-0.3, -0.25) is 19.3 Å². The Labute approximate surface area is 187 Å². The number of imidazole rings is 1. The van der Waals surface area contributed by atoms with E-state index >= 15 is 0 Å². The molecule has 1 aliphatic rings. The lowest BCUT2D eigenvalue weighted by atomic mass is 10.2. The number of thioether (sulfide) groups is 1. The number of methoxy groups -OCH3 is 1. The number of carbonyl (C=O) groups is 3. The maximum atomic E-state index is 13.1. The first-order chi connectivity index (χ1) is 15.6. The average molecular weight is 449 g/mol. The van der Waals surface area contributed by atoms with Gasteiger partial charge in [0.05, 0.1) is 25.5 Å². The summed E-state index contributed by atoms with van der Waals surface area (Å²) in [4.78, 5) is 50.5. The maximum Gasteiger partial charge on any atom is 0.307 e. The molecule has 3 aromatic rings. The third-order valence-corrected chi connectivity index (χ3v) is 5.75. The van der Waals surface area contributed by atoms with E-state index < -0.39 is 17.1 Å². The number of nitrogens with zero attached hydrogens (tertiary/aromatic N) is 3. The molecule has 0 saturated carbocycles. The van der Waals surface area contributed by atoms with Crippen LogP contribution in [0.4, 0.5) is 17.2 Å².